The van der Waals surface area contributed by atoms with E-state index in [0.717, 1.165) is 22.3 Å². The van der Waals surface area contributed by atoms with Gasteiger partial charge in [0.05, 0.1) is 5.69 Å². The predicted octanol–water partition coefficient (Wildman–Crippen LogP) is 3.00. The number of aromatic carboxylic acids is 1. The Hall–Kier alpha value is -4.18. The Morgan fingerprint density at radius 2 is 1.71 bits per heavy atom. The van der Waals surface area contributed by atoms with Crippen LogP contribution in [-0.2, 0) is 21.3 Å². The van der Waals surface area contributed by atoms with Crippen molar-refractivity contribution in [3.63, 3.8) is 0 Å². The lowest BCUT2D eigenvalue weighted by Crippen LogP contribution is -2.35. The minimum absolute atomic E-state index is 0.0476. The molecule has 10 heteroatoms. The fourth-order valence-corrected chi connectivity index (χ4v) is 4.26. The quantitative estimate of drug-likeness (QED) is 0.431. The summed E-state index contributed by atoms with van der Waals surface area (Å²) in [5.74, 6) is -1.85. The minimum atomic E-state index is -1.26. The van der Waals surface area contributed by atoms with Gasteiger partial charge in [-0.25, -0.2) is 9.59 Å². The highest BCUT2D eigenvalue weighted by Gasteiger charge is 2.29. The number of fused-ring (bicyclic) bond motifs is 3. The van der Waals surface area contributed by atoms with Gasteiger partial charge in [-0.15, -0.1) is 0 Å². The van der Waals surface area contributed by atoms with Crippen LogP contribution in [0.5, 0.6) is 0 Å². The van der Waals surface area contributed by atoms with Crippen LogP contribution in [0.15, 0.2) is 54.7 Å². The van der Waals surface area contributed by atoms with Crippen molar-refractivity contribution in [3.8, 4) is 11.1 Å². The fraction of sp³-hybridized carbons (Fsp3) is 0.280. The molecule has 0 spiro atoms. The normalized spacial score (nSPS) is 13.0. The molecule has 0 bridgehead atoms. The molecule has 35 heavy (non-hydrogen) atoms. The first-order valence-corrected chi connectivity index (χ1v) is 11.1. The molecule has 4 rings (SSSR count). The van der Waals surface area contributed by atoms with Gasteiger partial charge >= 0.3 is 12.1 Å². The number of carbonyl (C=O) groups excluding carboxylic acids is 2. The number of carboxylic acid groups (broad SMARTS) is 1. The molecule has 10 nitrogen and oxygen atoms in total. The van der Waals surface area contributed by atoms with Gasteiger partial charge in [-0.2, -0.15) is 5.10 Å². The van der Waals surface area contributed by atoms with E-state index >= 15 is 0 Å². The highest BCUT2D eigenvalue weighted by Crippen LogP contribution is 2.44. The number of methoxy groups -OCH3 is 1. The van der Waals surface area contributed by atoms with Crippen molar-refractivity contribution >= 4 is 23.7 Å². The highest BCUT2D eigenvalue weighted by molar-refractivity contribution is 6.00. The molecule has 2 aromatic carbocycles. The van der Waals surface area contributed by atoms with E-state index in [0.29, 0.717) is 0 Å². The van der Waals surface area contributed by atoms with Gasteiger partial charge in [0, 0.05) is 39.2 Å². The first kappa shape index (κ1) is 24.0. The Balaban J connectivity index is 1.28. The second-order valence-corrected chi connectivity index (χ2v) is 8.12. The topological polar surface area (TPSA) is 132 Å². The van der Waals surface area contributed by atoms with Gasteiger partial charge in [0.1, 0.15) is 12.7 Å². The van der Waals surface area contributed by atoms with Crippen LogP contribution >= 0.6 is 0 Å². The molecule has 0 radical (unpaired) electrons. The minimum Gasteiger partial charge on any atom is -0.476 e. The van der Waals surface area contributed by atoms with E-state index in [1.165, 1.54) is 18.0 Å². The van der Waals surface area contributed by atoms with E-state index in [1.54, 1.807) is 7.05 Å². The number of benzene rings is 2. The smallest absolute Gasteiger partial charge is 0.407 e. The van der Waals surface area contributed by atoms with E-state index in [-0.39, 0.29) is 36.9 Å². The number of hydrogen-bond donors (Lipinski definition) is 3. The maximum atomic E-state index is 12.5. The Kier molecular flexibility index (Phi) is 7.11. The molecular weight excluding hydrogens is 452 g/mol. The van der Waals surface area contributed by atoms with E-state index in [1.807, 2.05) is 36.4 Å². The third kappa shape index (κ3) is 5.17. The van der Waals surface area contributed by atoms with Gasteiger partial charge in [-0.05, 0) is 22.3 Å². The van der Waals surface area contributed by atoms with Crippen molar-refractivity contribution < 1.29 is 29.0 Å². The zero-order valence-corrected chi connectivity index (χ0v) is 19.4. The lowest BCUT2D eigenvalue weighted by Gasteiger charge is -2.16. The largest absolute Gasteiger partial charge is 0.476 e. The van der Waals surface area contributed by atoms with Crippen LogP contribution in [0.4, 0.5) is 10.5 Å². The summed E-state index contributed by atoms with van der Waals surface area (Å²) in [6.45, 7) is 0.314. The number of rotatable bonds is 9. The maximum absolute atomic E-state index is 12.5. The number of anilines is 1. The molecule has 0 fully saturated rings. The van der Waals surface area contributed by atoms with Crippen molar-refractivity contribution in [2.75, 3.05) is 25.6 Å². The average Bonchev–Trinajstić information content (AvgIpc) is 3.38. The fourth-order valence-electron chi connectivity index (χ4n) is 4.26. The number of aromatic nitrogens is 2. The van der Waals surface area contributed by atoms with Gasteiger partial charge in [-0.3, -0.25) is 9.48 Å². The molecule has 3 aromatic rings. The molecule has 1 aliphatic rings. The first-order valence-electron chi connectivity index (χ1n) is 11.1. The molecule has 0 saturated carbocycles. The number of ether oxygens (including phenoxy) is 2. The van der Waals surface area contributed by atoms with Crippen molar-refractivity contribution in [2.24, 2.45) is 7.05 Å². The van der Waals surface area contributed by atoms with E-state index in [9.17, 15) is 19.5 Å². The van der Waals surface area contributed by atoms with Crippen LogP contribution < -0.4 is 10.6 Å². The monoisotopic (exact) mass is 478 g/mol. The Labute approximate surface area is 201 Å². The number of amides is 2. The molecule has 2 amide bonds. The molecule has 3 N–H and O–H groups in total. The molecule has 182 valence electrons. The van der Waals surface area contributed by atoms with Gasteiger partial charge < -0.3 is 25.2 Å². The number of carbonyl (C=O) groups is 3. The lowest BCUT2D eigenvalue weighted by atomic mass is 9.98. The number of nitrogens with zero attached hydrogens (tertiary/aromatic N) is 2. The zero-order chi connectivity index (χ0) is 24.9. The van der Waals surface area contributed by atoms with Gasteiger partial charge in [0.25, 0.3) is 5.91 Å². The third-order valence-corrected chi connectivity index (χ3v) is 5.89. The number of carboxylic acids is 1. The molecule has 1 aromatic heterocycles. The third-order valence-electron chi connectivity index (χ3n) is 5.89. The van der Waals surface area contributed by atoms with Crippen molar-refractivity contribution in [2.45, 2.75) is 18.4 Å². The summed E-state index contributed by atoms with van der Waals surface area (Å²) >= 11 is 0. The van der Waals surface area contributed by atoms with Crippen LogP contribution in [0.1, 0.15) is 34.0 Å². The number of alkyl carbamates (subject to hydrolysis) is 1. The van der Waals surface area contributed by atoms with E-state index in [4.69, 9.17) is 9.47 Å². The number of hydrogen-bond acceptors (Lipinski definition) is 6. The number of aryl methyl sites for hydroxylation is 1. The molecule has 1 unspecified atom stereocenters. The summed E-state index contributed by atoms with van der Waals surface area (Å²) in [6.07, 6.45) is 0.0476. The van der Waals surface area contributed by atoms with Crippen molar-refractivity contribution in [1.29, 1.82) is 0 Å². The average molecular weight is 479 g/mol. The van der Waals surface area contributed by atoms with Crippen LogP contribution in [0.3, 0.4) is 0 Å². The summed E-state index contributed by atoms with van der Waals surface area (Å²) < 4.78 is 12.0. The van der Waals surface area contributed by atoms with Crippen LogP contribution in [-0.4, -0.2) is 59.2 Å². The van der Waals surface area contributed by atoms with Gasteiger partial charge in [0.15, 0.2) is 5.69 Å². The van der Waals surface area contributed by atoms with E-state index in [2.05, 4.69) is 27.9 Å². The van der Waals surface area contributed by atoms with Crippen molar-refractivity contribution in [3.05, 3.63) is 71.5 Å². The maximum Gasteiger partial charge on any atom is 0.407 e. The summed E-state index contributed by atoms with van der Waals surface area (Å²) in [5.41, 5.74) is 4.32. The SMILES string of the molecule is COC(CCNC(=O)OCC1c2ccccc2-c2ccccc21)C(=O)Nc1cn(C)nc1C(=O)O. The summed E-state index contributed by atoms with van der Waals surface area (Å²) in [6, 6.07) is 16.1. The summed E-state index contributed by atoms with van der Waals surface area (Å²) in [7, 11) is 2.91. The lowest BCUT2D eigenvalue weighted by molar-refractivity contribution is -0.125. The van der Waals surface area contributed by atoms with Crippen LogP contribution in [0.25, 0.3) is 11.1 Å². The summed E-state index contributed by atoms with van der Waals surface area (Å²) in [5, 5.41) is 18.2. The predicted molar refractivity (Wildman–Crippen MR) is 127 cm³/mol. The first-order chi connectivity index (χ1) is 16.9. The van der Waals surface area contributed by atoms with Gasteiger partial charge in [-0.1, -0.05) is 48.5 Å². The molecule has 1 aliphatic carbocycles. The number of nitrogens with one attached hydrogen (secondary N) is 2. The summed E-state index contributed by atoms with van der Waals surface area (Å²) in [4.78, 5) is 36.1. The second-order valence-electron chi connectivity index (χ2n) is 8.12. The van der Waals surface area contributed by atoms with Crippen LogP contribution in [0.2, 0.25) is 0 Å². The van der Waals surface area contributed by atoms with Crippen molar-refractivity contribution in [1.82, 2.24) is 15.1 Å². The second kappa shape index (κ2) is 10.4. The Morgan fingerprint density at radius 1 is 1.09 bits per heavy atom. The Morgan fingerprint density at radius 3 is 2.31 bits per heavy atom. The molecule has 0 saturated heterocycles. The molecule has 1 heterocycles. The molecule has 0 aliphatic heterocycles. The molecular formula is C25H26N4O6. The van der Waals surface area contributed by atoms with Gasteiger partial charge in [0.2, 0.25) is 0 Å². The zero-order valence-electron chi connectivity index (χ0n) is 19.4. The Bertz CT molecular complexity index is 1210. The van der Waals surface area contributed by atoms with E-state index < -0.39 is 24.1 Å². The molecule has 1 atom stereocenters. The highest BCUT2D eigenvalue weighted by atomic mass is 16.5. The van der Waals surface area contributed by atoms with Crippen LogP contribution in [0, 0.1) is 0 Å². The standard InChI is InChI=1S/C25H26N4O6/c1-29-13-20(22(28-29)24(31)32)27-23(30)21(34-2)11-12-26-25(33)35-14-19-17-9-5-3-7-15(17)16-8-4-6-10-18(16)19/h3-10,13,19,21H,11-12,14H2,1-2H3,(H,26,33)(H,27,30)(H,31,32).